The van der Waals surface area contributed by atoms with E-state index in [1.165, 1.54) is 6.20 Å². The Morgan fingerprint density at radius 2 is 2.40 bits per heavy atom. The van der Waals surface area contributed by atoms with E-state index in [1.54, 1.807) is 6.07 Å². The number of hydrogen-bond acceptors (Lipinski definition) is 2. The van der Waals surface area contributed by atoms with Crippen LogP contribution in [0.3, 0.4) is 0 Å². The molecule has 0 aromatic carbocycles. The summed E-state index contributed by atoms with van der Waals surface area (Å²) in [7, 11) is 0. The van der Waals surface area contributed by atoms with Crippen LogP contribution in [-0.2, 0) is 0 Å². The van der Waals surface area contributed by atoms with Crippen LogP contribution >= 0.6 is 11.6 Å². The zero-order valence-electron chi connectivity index (χ0n) is 5.13. The molecule has 2 N–H and O–H groups in total. The van der Waals surface area contributed by atoms with E-state index in [-0.39, 0.29) is 0 Å². The van der Waals surface area contributed by atoms with E-state index >= 15 is 0 Å². The normalized spacial score (nSPS) is 8.80. The molecule has 1 aromatic heterocycles. The maximum Gasteiger partial charge on any atom is 0.135 e. The Morgan fingerprint density at radius 3 is 2.90 bits per heavy atom. The first kappa shape index (κ1) is 6.91. The molecule has 0 aliphatic rings. The first-order chi connectivity index (χ1) is 4.74. The molecule has 50 valence electrons. The lowest BCUT2D eigenvalue weighted by molar-refractivity contribution is 1.29. The van der Waals surface area contributed by atoms with E-state index < -0.39 is 0 Å². The lowest BCUT2D eigenvalue weighted by Crippen LogP contribution is -1.92. The molecule has 2 nitrogen and oxygen atoms in total. The van der Waals surface area contributed by atoms with Gasteiger partial charge in [0.05, 0.1) is 10.7 Å². The number of anilines is 1. The molecule has 0 radical (unpaired) electrons. The second-order valence-corrected chi connectivity index (χ2v) is 2.17. The number of aromatic nitrogens is 1. The summed E-state index contributed by atoms with van der Waals surface area (Å²) in [6.45, 7) is 0. The number of hydrogen-bond donors (Lipinski definition) is 1. The molecule has 0 saturated carbocycles. The summed E-state index contributed by atoms with van der Waals surface area (Å²) >= 11 is 5.56. The van der Waals surface area contributed by atoms with Crippen LogP contribution in [0.5, 0.6) is 0 Å². The fraction of sp³-hybridized carbons (Fsp3) is 0. The van der Waals surface area contributed by atoms with Crippen molar-refractivity contribution >= 4 is 17.3 Å². The van der Waals surface area contributed by atoms with Crippen LogP contribution < -0.4 is 5.73 Å². The highest BCUT2D eigenvalue weighted by molar-refractivity contribution is 6.30. The van der Waals surface area contributed by atoms with Crippen molar-refractivity contribution in [3.63, 3.8) is 0 Å². The zero-order valence-corrected chi connectivity index (χ0v) is 5.89. The third kappa shape index (κ3) is 1.20. The van der Waals surface area contributed by atoms with Gasteiger partial charge in [-0.15, -0.1) is 6.42 Å². The highest BCUT2D eigenvalue weighted by Gasteiger charge is 1.95. The molecule has 1 heterocycles. The second-order valence-electron chi connectivity index (χ2n) is 1.74. The molecule has 0 bridgehead atoms. The summed E-state index contributed by atoms with van der Waals surface area (Å²) in [5, 5.41) is 0.497. The quantitative estimate of drug-likeness (QED) is 0.569. The predicted molar refractivity (Wildman–Crippen MR) is 41.6 cm³/mol. The van der Waals surface area contributed by atoms with Crippen molar-refractivity contribution in [2.45, 2.75) is 0 Å². The molecule has 0 aliphatic heterocycles. The van der Waals surface area contributed by atoms with E-state index in [1.807, 2.05) is 0 Å². The molecule has 0 spiro atoms. The van der Waals surface area contributed by atoms with Gasteiger partial charge in [-0.25, -0.2) is 4.98 Å². The van der Waals surface area contributed by atoms with Gasteiger partial charge >= 0.3 is 0 Å². The molecule has 0 amide bonds. The third-order valence-electron chi connectivity index (χ3n) is 1.02. The molecule has 0 saturated heterocycles. The number of rotatable bonds is 0. The van der Waals surface area contributed by atoms with Crippen LogP contribution in [0.1, 0.15) is 5.69 Å². The van der Waals surface area contributed by atoms with Crippen LogP contribution in [0.2, 0.25) is 5.02 Å². The number of nitrogens with two attached hydrogens (primary N) is 1. The topological polar surface area (TPSA) is 38.9 Å². The molecule has 3 heteroatoms. The lowest BCUT2D eigenvalue weighted by Gasteiger charge is -1.95. The predicted octanol–water partition coefficient (Wildman–Crippen LogP) is 1.30. The van der Waals surface area contributed by atoms with E-state index in [2.05, 4.69) is 10.9 Å². The monoisotopic (exact) mass is 152 g/mol. The molecule has 1 rings (SSSR count). The third-order valence-corrected chi connectivity index (χ3v) is 1.23. The van der Waals surface area contributed by atoms with Crippen molar-refractivity contribution in [3.8, 4) is 12.3 Å². The van der Waals surface area contributed by atoms with Crippen LogP contribution in [0.15, 0.2) is 12.3 Å². The molecule has 1 aromatic rings. The van der Waals surface area contributed by atoms with Crippen molar-refractivity contribution in [1.82, 2.24) is 4.98 Å². The van der Waals surface area contributed by atoms with E-state index in [4.69, 9.17) is 23.8 Å². The Bertz CT molecular complexity index is 288. The Labute approximate surface area is 64.0 Å². The van der Waals surface area contributed by atoms with Gasteiger partial charge in [-0.3, -0.25) is 0 Å². The minimum atomic E-state index is 0.435. The first-order valence-electron chi connectivity index (χ1n) is 2.61. The molecular weight excluding hydrogens is 148 g/mol. The van der Waals surface area contributed by atoms with Gasteiger partial charge in [-0.1, -0.05) is 11.6 Å². The summed E-state index contributed by atoms with van der Waals surface area (Å²) in [5.74, 6) is 2.33. The van der Waals surface area contributed by atoms with Gasteiger partial charge in [0.1, 0.15) is 5.69 Å². The summed E-state index contributed by atoms with van der Waals surface area (Å²) in [4.78, 5) is 3.80. The van der Waals surface area contributed by atoms with E-state index in [0.717, 1.165) is 0 Å². The van der Waals surface area contributed by atoms with Crippen molar-refractivity contribution in [2.75, 3.05) is 5.73 Å². The molecule has 0 fully saturated rings. The van der Waals surface area contributed by atoms with Gasteiger partial charge in [0.25, 0.3) is 0 Å². The van der Waals surface area contributed by atoms with Crippen molar-refractivity contribution in [1.29, 1.82) is 0 Å². The molecule has 0 unspecified atom stereocenters. The number of nitrogen functional groups attached to an aromatic ring is 1. The largest absolute Gasteiger partial charge is 0.396 e. The SMILES string of the molecule is C#Cc1ncc(Cl)cc1N. The van der Waals surface area contributed by atoms with Gasteiger partial charge in [0.2, 0.25) is 0 Å². The number of halogens is 1. The molecular formula is C7H5ClN2. The van der Waals surface area contributed by atoms with E-state index in [0.29, 0.717) is 16.4 Å². The van der Waals surface area contributed by atoms with Crippen LogP contribution in [-0.4, -0.2) is 4.98 Å². The van der Waals surface area contributed by atoms with Crippen molar-refractivity contribution < 1.29 is 0 Å². The number of terminal acetylenes is 1. The van der Waals surface area contributed by atoms with Crippen molar-refractivity contribution in [3.05, 3.63) is 23.0 Å². The van der Waals surface area contributed by atoms with Gasteiger partial charge in [0.15, 0.2) is 0 Å². The standard InChI is InChI=1S/C7H5ClN2/c1-2-7-6(9)3-5(8)4-10-7/h1,3-4H,9H2. The zero-order chi connectivity index (χ0) is 7.56. The fourth-order valence-electron chi connectivity index (χ4n) is 0.576. The Morgan fingerprint density at radius 1 is 1.70 bits per heavy atom. The first-order valence-corrected chi connectivity index (χ1v) is 2.99. The molecule has 0 aliphatic carbocycles. The Hall–Kier alpha value is -1.20. The van der Waals surface area contributed by atoms with Crippen LogP contribution in [0.4, 0.5) is 5.69 Å². The van der Waals surface area contributed by atoms with E-state index in [9.17, 15) is 0 Å². The molecule has 0 atom stereocenters. The minimum absolute atomic E-state index is 0.435. The Balaban J connectivity index is 3.23. The van der Waals surface area contributed by atoms with Crippen LogP contribution in [0, 0.1) is 12.3 Å². The number of nitrogens with zero attached hydrogens (tertiary/aromatic N) is 1. The summed E-state index contributed by atoms with van der Waals surface area (Å²) < 4.78 is 0. The highest BCUT2D eigenvalue weighted by Crippen LogP contribution is 2.13. The van der Waals surface area contributed by atoms with Crippen LogP contribution in [0.25, 0.3) is 0 Å². The van der Waals surface area contributed by atoms with Crippen molar-refractivity contribution in [2.24, 2.45) is 0 Å². The summed E-state index contributed by atoms with van der Waals surface area (Å²) in [6.07, 6.45) is 6.53. The average Bonchev–Trinajstić information content (AvgIpc) is 1.88. The second kappa shape index (κ2) is 2.59. The fourth-order valence-corrected chi connectivity index (χ4v) is 0.742. The van der Waals surface area contributed by atoms with Gasteiger partial charge < -0.3 is 5.73 Å². The number of pyridine rings is 1. The van der Waals surface area contributed by atoms with Gasteiger partial charge in [-0.2, -0.15) is 0 Å². The van der Waals surface area contributed by atoms with Gasteiger partial charge in [-0.05, 0) is 12.0 Å². The lowest BCUT2D eigenvalue weighted by atomic mass is 10.3. The average molecular weight is 153 g/mol. The summed E-state index contributed by atoms with van der Waals surface area (Å²) in [6, 6.07) is 1.57. The maximum atomic E-state index is 5.56. The smallest absolute Gasteiger partial charge is 0.135 e. The summed E-state index contributed by atoms with van der Waals surface area (Å²) in [5.41, 5.74) is 6.32. The Kier molecular flexibility index (Phi) is 1.79. The maximum absolute atomic E-state index is 5.56. The highest BCUT2D eigenvalue weighted by atomic mass is 35.5. The minimum Gasteiger partial charge on any atom is -0.396 e. The van der Waals surface area contributed by atoms with Gasteiger partial charge in [0, 0.05) is 6.20 Å². The molecule has 10 heavy (non-hydrogen) atoms.